The van der Waals surface area contributed by atoms with Crippen LogP contribution in [0.1, 0.15) is 53.7 Å². The number of hydrogen-bond acceptors (Lipinski definition) is 3. The zero-order chi connectivity index (χ0) is 18.4. The topological polar surface area (TPSA) is 56.1 Å². The Kier molecular flexibility index (Phi) is 3.88. The summed E-state index contributed by atoms with van der Waals surface area (Å²) < 4.78 is 7.47. The number of ether oxygens (including phenoxy) is 1. The van der Waals surface area contributed by atoms with Crippen molar-refractivity contribution in [1.29, 1.82) is 0 Å². The Morgan fingerprint density at radius 3 is 2.59 bits per heavy atom. The Bertz CT molecular complexity index is 984. The fourth-order valence-corrected chi connectivity index (χ4v) is 3.76. The number of benzene rings is 2. The van der Waals surface area contributed by atoms with Crippen LogP contribution in [0.25, 0.3) is 11.0 Å². The van der Waals surface area contributed by atoms with E-state index < -0.39 is 0 Å². The van der Waals surface area contributed by atoms with Crippen molar-refractivity contribution in [2.45, 2.75) is 37.8 Å². The van der Waals surface area contributed by atoms with Crippen molar-refractivity contribution in [3.63, 3.8) is 0 Å². The van der Waals surface area contributed by atoms with Crippen LogP contribution in [0.3, 0.4) is 0 Å². The fraction of sp³-hybridized carbons (Fsp3) is 0.364. The molecule has 0 unspecified atom stereocenters. The molecule has 2 aromatic carbocycles. The van der Waals surface area contributed by atoms with Gasteiger partial charge in [-0.1, -0.05) is 12.1 Å². The molecule has 1 atom stereocenters. The minimum Gasteiger partial charge on any atom is -0.497 e. The molecule has 1 aromatic heterocycles. The van der Waals surface area contributed by atoms with Crippen LogP contribution >= 0.6 is 0 Å². The lowest BCUT2D eigenvalue weighted by Crippen LogP contribution is -2.29. The van der Waals surface area contributed by atoms with Gasteiger partial charge in [0.25, 0.3) is 5.91 Å². The maximum Gasteiger partial charge on any atom is 0.251 e. The molecule has 5 heteroatoms. The second-order valence-electron chi connectivity index (χ2n) is 7.65. The standard InChI is InChI=1S/C22H23N3O2/c1-27-18-9-4-15(5-10-18)21(14-2-3-14)24-22(26)16-6-11-20-19(12-16)23-13-25(20)17-7-8-17/h4-6,9-14,17,21H,2-3,7-8H2,1H3,(H,24,26)/t21-/m1/s1. The summed E-state index contributed by atoms with van der Waals surface area (Å²) in [5, 5.41) is 3.24. The Morgan fingerprint density at radius 2 is 1.93 bits per heavy atom. The van der Waals surface area contributed by atoms with Crippen LogP contribution in [0.5, 0.6) is 5.75 Å². The third kappa shape index (κ3) is 3.18. The zero-order valence-electron chi connectivity index (χ0n) is 15.4. The van der Waals surface area contributed by atoms with Gasteiger partial charge in [-0.3, -0.25) is 4.79 Å². The summed E-state index contributed by atoms with van der Waals surface area (Å²) in [5.74, 6) is 1.31. The summed E-state index contributed by atoms with van der Waals surface area (Å²) in [4.78, 5) is 17.4. The molecular weight excluding hydrogens is 338 g/mol. The van der Waals surface area contributed by atoms with Crippen LogP contribution < -0.4 is 10.1 Å². The normalized spacial score (nSPS) is 17.7. The second-order valence-corrected chi connectivity index (χ2v) is 7.65. The molecule has 2 saturated carbocycles. The van der Waals surface area contributed by atoms with E-state index in [1.807, 2.05) is 48.8 Å². The van der Waals surface area contributed by atoms with E-state index in [2.05, 4.69) is 14.9 Å². The molecule has 0 bridgehead atoms. The molecule has 2 aliphatic rings. The third-order valence-electron chi connectivity index (χ3n) is 5.63. The molecule has 138 valence electrons. The van der Waals surface area contributed by atoms with Gasteiger partial charge < -0.3 is 14.6 Å². The number of nitrogens with one attached hydrogen (secondary N) is 1. The molecule has 5 rings (SSSR count). The molecule has 0 aliphatic heterocycles. The van der Waals surface area contributed by atoms with Gasteiger partial charge in [-0.05, 0) is 67.5 Å². The summed E-state index contributed by atoms with van der Waals surface area (Å²) in [5.41, 5.74) is 3.80. The van der Waals surface area contributed by atoms with Crippen LogP contribution in [0.4, 0.5) is 0 Å². The highest BCUT2D eigenvalue weighted by Gasteiger charge is 2.33. The summed E-state index contributed by atoms with van der Waals surface area (Å²) in [6.07, 6.45) is 6.65. The predicted octanol–water partition coefficient (Wildman–Crippen LogP) is 4.26. The highest BCUT2D eigenvalue weighted by Crippen LogP contribution is 2.41. The molecule has 3 aromatic rings. The van der Waals surface area contributed by atoms with E-state index in [0.717, 1.165) is 35.2 Å². The zero-order valence-corrected chi connectivity index (χ0v) is 15.4. The number of nitrogens with zero attached hydrogens (tertiary/aromatic N) is 2. The maximum atomic E-state index is 12.9. The first-order valence-corrected chi connectivity index (χ1v) is 9.64. The molecule has 0 spiro atoms. The van der Waals surface area contributed by atoms with Gasteiger partial charge in [-0.25, -0.2) is 4.98 Å². The molecule has 27 heavy (non-hydrogen) atoms. The monoisotopic (exact) mass is 361 g/mol. The van der Waals surface area contributed by atoms with Gasteiger partial charge in [-0.2, -0.15) is 0 Å². The molecule has 5 nitrogen and oxygen atoms in total. The number of imidazole rings is 1. The minimum absolute atomic E-state index is 0.0365. The van der Waals surface area contributed by atoms with Crippen molar-refractivity contribution in [1.82, 2.24) is 14.9 Å². The number of aromatic nitrogens is 2. The average Bonchev–Trinajstić information content (AvgIpc) is 3.64. The van der Waals surface area contributed by atoms with Gasteiger partial charge in [0.15, 0.2) is 0 Å². The maximum absolute atomic E-state index is 12.9. The molecule has 1 heterocycles. The Balaban J connectivity index is 1.38. The van der Waals surface area contributed by atoms with Gasteiger partial charge in [0.2, 0.25) is 0 Å². The van der Waals surface area contributed by atoms with E-state index in [-0.39, 0.29) is 11.9 Å². The number of hydrogen-bond donors (Lipinski definition) is 1. The van der Waals surface area contributed by atoms with Crippen molar-refractivity contribution >= 4 is 16.9 Å². The van der Waals surface area contributed by atoms with Crippen molar-refractivity contribution in [3.05, 3.63) is 59.9 Å². The SMILES string of the molecule is COc1ccc([C@H](NC(=O)c2ccc3c(c2)ncn3C2CC2)C2CC2)cc1. The van der Waals surface area contributed by atoms with Crippen molar-refractivity contribution in [3.8, 4) is 5.75 Å². The van der Waals surface area contributed by atoms with Gasteiger partial charge in [-0.15, -0.1) is 0 Å². The molecule has 1 N–H and O–H groups in total. The van der Waals surface area contributed by atoms with Gasteiger partial charge in [0.1, 0.15) is 5.75 Å². The lowest BCUT2D eigenvalue weighted by molar-refractivity contribution is 0.0932. The molecule has 2 aliphatic carbocycles. The van der Waals surface area contributed by atoms with E-state index >= 15 is 0 Å². The first-order chi connectivity index (χ1) is 13.2. The number of fused-ring (bicyclic) bond motifs is 1. The Morgan fingerprint density at radius 1 is 1.15 bits per heavy atom. The number of carbonyl (C=O) groups is 1. The minimum atomic E-state index is -0.0365. The number of carbonyl (C=O) groups excluding carboxylic acids is 1. The highest BCUT2D eigenvalue weighted by atomic mass is 16.5. The molecular formula is C22H23N3O2. The second kappa shape index (κ2) is 6.41. The van der Waals surface area contributed by atoms with Crippen molar-refractivity contribution < 1.29 is 9.53 Å². The predicted molar refractivity (Wildman–Crippen MR) is 104 cm³/mol. The molecule has 0 saturated heterocycles. The third-order valence-corrected chi connectivity index (χ3v) is 5.63. The fourth-order valence-electron chi connectivity index (χ4n) is 3.76. The number of methoxy groups -OCH3 is 1. The Labute approximate surface area is 158 Å². The quantitative estimate of drug-likeness (QED) is 0.714. The lowest BCUT2D eigenvalue weighted by atomic mass is 10.0. The first kappa shape index (κ1) is 16.4. The van der Waals surface area contributed by atoms with Gasteiger partial charge in [0.05, 0.1) is 30.5 Å². The Hall–Kier alpha value is -2.82. The largest absolute Gasteiger partial charge is 0.497 e. The lowest BCUT2D eigenvalue weighted by Gasteiger charge is -2.19. The van der Waals surface area contributed by atoms with E-state index in [4.69, 9.17) is 4.74 Å². The number of rotatable bonds is 6. The summed E-state index contributed by atoms with van der Waals surface area (Å²) in [6.45, 7) is 0. The molecule has 0 radical (unpaired) electrons. The smallest absolute Gasteiger partial charge is 0.251 e. The van der Waals surface area contributed by atoms with Crippen LogP contribution in [0.15, 0.2) is 48.8 Å². The van der Waals surface area contributed by atoms with E-state index in [1.54, 1.807) is 7.11 Å². The summed E-state index contributed by atoms with van der Waals surface area (Å²) in [6, 6.07) is 14.5. The van der Waals surface area contributed by atoms with Gasteiger partial charge >= 0.3 is 0 Å². The van der Waals surface area contributed by atoms with Crippen LogP contribution in [0.2, 0.25) is 0 Å². The average molecular weight is 361 g/mol. The van der Waals surface area contributed by atoms with Crippen LogP contribution in [-0.2, 0) is 0 Å². The van der Waals surface area contributed by atoms with E-state index in [0.29, 0.717) is 17.5 Å². The van der Waals surface area contributed by atoms with E-state index in [1.165, 1.54) is 12.8 Å². The highest BCUT2D eigenvalue weighted by molar-refractivity contribution is 5.97. The van der Waals surface area contributed by atoms with Crippen LogP contribution in [-0.4, -0.2) is 22.6 Å². The van der Waals surface area contributed by atoms with Crippen LogP contribution in [0, 0.1) is 5.92 Å². The molecule has 1 amide bonds. The summed E-state index contributed by atoms with van der Waals surface area (Å²) >= 11 is 0. The first-order valence-electron chi connectivity index (χ1n) is 9.64. The summed E-state index contributed by atoms with van der Waals surface area (Å²) in [7, 11) is 1.66. The van der Waals surface area contributed by atoms with Crippen molar-refractivity contribution in [2.24, 2.45) is 5.92 Å². The van der Waals surface area contributed by atoms with Crippen molar-refractivity contribution in [2.75, 3.05) is 7.11 Å². The molecule has 2 fully saturated rings. The van der Waals surface area contributed by atoms with E-state index in [9.17, 15) is 4.79 Å². The van der Waals surface area contributed by atoms with Gasteiger partial charge in [0, 0.05) is 11.6 Å². The number of amides is 1.